The molecule has 138 valence electrons. The molecule has 0 aliphatic carbocycles. The predicted molar refractivity (Wildman–Crippen MR) is 92.6 cm³/mol. The first-order valence-corrected chi connectivity index (χ1v) is 8.89. The molecule has 9 heteroatoms. The molecule has 2 rings (SSSR count). The van der Waals surface area contributed by atoms with Crippen LogP contribution in [0.2, 0.25) is 0 Å². The molecule has 0 atom stereocenters. The Morgan fingerprint density at radius 2 is 1.77 bits per heavy atom. The van der Waals surface area contributed by atoms with Crippen LogP contribution in [0.1, 0.15) is 10.4 Å². The summed E-state index contributed by atoms with van der Waals surface area (Å²) in [4.78, 5) is 23.7. The van der Waals surface area contributed by atoms with Gasteiger partial charge in [0, 0.05) is 19.8 Å². The monoisotopic (exact) mass is 380 g/mol. The molecule has 0 bridgehead atoms. The summed E-state index contributed by atoms with van der Waals surface area (Å²) in [6.07, 6.45) is 0. The second-order valence-corrected chi connectivity index (χ2v) is 7.60. The summed E-state index contributed by atoms with van der Waals surface area (Å²) < 4.78 is 42.9. The number of hydrogen-bond acceptors (Lipinski definition) is 5. The van der Waals surface area contributed by atoms with E-state index >= 15 is 0 Å². The van der Waals surface area contributed by atoms with Gasteiger partial charge in [-0.1, -0.05) is 6.07 Å². The molecule has 1 amide bonds. The molecule has 0 fully saturated rings. The molecule has 2 aromatic carbocycles. The minimum absolute atomic E-state index is 0.0172. The maximum atomic E-state index is 12.8. The third kappa shape index (κ3) is 4.87. The second kappa shape index (κ2) is 8.07. The summed E-state index contributed by atoms with van der Waals surface area (Å²) in [7, 11) is -0.838. The molecule has 0 radical (unpaired) electrons. The van der Waals surface area contributed by atoms with Crippen molar-refractivity contribution < 1.29 is 27.1 Å². The largest absolute Gasteiger partial charge is 0.452 e. The van der Waals surface area contributed by atoms with E-state index in [9.17, 15) is 22.4 Å². The van der Waals surface area contributed by atoms with E-state index in [0.29, 0.717) is 0 Å². The Bertz CT molecular complexity index is 911. The Morgan fingerprint density at radius 1 is 1.12 bits per heavy atom. The van der Waals surface area contributed by atoms with E-state index < -0.39 is 34.3 Å². The topological polar surface area (TPSA) is 92.8 Å². The molecular weight excluding hydrogens is 363 g/mol. The summed E-state index contributed by atoms with van der Waals surface area (Å²) in [5.41, 5.74) is 0.356. The predicted octanol–water partition coefficient (Wildman–Crippen LogP) is 1.87. The Labute approximate surface area is 150 Å². The molecule has 0 unspecified atom stereocenters. The second-order valence-electron chi connectivity index (χ2n) is 5.45. The molecule has 26 heavy (non-hydrogen) atoms. The van der Waals surface area contributed by atoms with Gasteiger partial charge in [-0.3, -0.25) is 4.79 Å². The number of nitrogens with one attached hydrogen (secondary N) is 1. The number of carbonyl (C=O) groups is 2. The third-order valence-electron chi connectivity index (χ3n) is 3.31. The highest BCUT2D eigenvalue weighted by molar-refractivity contribution is 7.89. The van der Waals surface area contributed by atoms with Gasteiger partial charge < -0.3 is 10.1 Å². The van der Waals surface area contributed by atoms with Crippen LogP contribution in [0.3, 0.4) is 0 Å². The number of hydrogen-bond donors (Lipinski definition) is 1. The zero-order valence-electron chi connectivity index (χ0n) is 14.1. The van der Waals surface area contributed by atoms with Crippen molar-refractivity contribution >= 4 is 27.6 Å². The first kappa shape index (κ1) is 19.5. The number of esters is 1. The fourth-order valence-corrected chi connectivity index (χ4v) is 2.89. The number of anilines is 1. The lowest BCUT2D eigenvalue weighted by Gasteiger charge is -2.12. The standard InChI is InChI=1S/C17H17FN2O5S/c1-20(2)26(23,24)15-5-3-4-14(10-15)19-16(21)11-25-17(22)12-6-8-13(18)9-7-12/h3-10H,11H2,1-2H3,(H,19,21). The van der Waals surface area contributed by atoms with Crippen LogP contribution in [0.4, 0.5) is 10.1 Å². The summed E-state index contributed by atoms with van der Waals surface area (Å²) in [6, 6.07) is 10.4. The van der Waals surface area contributed by atoms with Gasteiger partial charge in [0.25, 0.3) is 5.91 Å². The lowest BCUT2D eigenvalue weighted by atomic mass is 10.2. The summed E-state index contributed by atoms with van der Waals surface area (Å²) in [6.45, 7) is -0.569. The van der Waals surface area contributed by atoms with Gasteiger partial charge in [-0.15, -0.1) is 0 Å². The quantitative estimate of drug-likeness (QED) is 0.773. The highest BCUT2D eigenvalue weighted by Crippen LogP contribution is 2.18. The van der Waals surface area contributed by atoms with Crippen LogP contribution in [0, 0.1) is 5.82 Å². The van der Waals surface area contributed by atoms with Crippen molar-refractivity contribution in [3.05, 3.63) is 59.9 Å². The van der Waals surface area contributed by atoms with E-state index in [2.05, 4.69) is 5.32 Å². The van der Waals surface area contributed by atoms with Gasteiger partial charge in [0.15, 0.2) is 6.61 Å². The number of carbonyl (C=O) groups excluding carboxylic acids is 2. The van der Waals surface area contributed by atoms with Crippen LogP contribution >= 0.6 is 0 Å². The van der Waals surface area contributed by atoms with Crippen molar-refractivity contribution in [2.24, 2.45) is 0 Å². The molecule has 0 aliphatic rings. The van der Waals surface area contributed by atoms with Crippen LogP contribution in [-0.2, 0) is 19.6 Å². The number of nitrogens with zero attached hydrogens (tertiary/aromatic N) is 1. The normalized spacial score (nSPS) is 11.2. The summed E-state index contributed by atoms with van der Waals surface area (Å²) >= 11 is 0. The van der Waals surface area contributed by atoms with Crippen molar-refractivity contribution in [1.82, 2.24) is 4.31 Å². The maximum Gasteiger partial charge on any atom is 0.338 e. The first-order chi connectivity index (χ1) is 12.2. The number of sulfonamides is 1. The third-order valence-corrected chi connectivity index (χ3v) is 5.12. The van der Waals surface area contributed by atoms with E-state index in [0.717, 1.165) is 16.4 Å². The Kier molecular flexibility index (Phi) is 6.06. The van der Waals surface area contributed by atoms with E-state index in [1.54, 1.807) is 0 Å². The number of rotatable bonds is 6. The fourth-order valence-electron chi connectivity index (χ4n) is 1.94. The summed E-state index contributed by atoms with van der Waals surface area (Å²) in [5, 5.41) is 2.45. The van der Waals surface area contributed by atoms with Crippen molar-refractivity contribution in [1.29, 1.82) is 0 Å². The van der Waals surface area contributed by atoms with Gasteiger partial charge in [-0.05, 0) is 42.5 Å². The van der Waals surface area contributed by atoms with Crippen molar-refractivity contribution in [3.63, 3.8) is 0 Å². The van der Waals surface area contributed by atoms with Gasteiger partial charge in [0.05, 0.1) is 10.5 Å². The van der Waals surface area contributed by atoms with E-state index in [1.807, 2.05) is 0 Å². The highest BCUT2D eigenvalue weighted by atomic mass is 32.2. The fraction of sp³-hybridized carbons (Fsp3) is 0.176. The number of amides is 1. The van der Waals surface area contributed by atoms with Crippen LogP contribution in [-0.4, -0.2) is 45.3 Å². The molecule has 0 aliphatic heterocycles. The van der Waals surface area contributed by atoms with Gasteiger partial charge >= 0.3 is 5.97 Å². The van der Waals surface area contributed by atoms with Gasteiger partial charge in [-0.2, -0.15) is 0 Å². The van der Waals surface area contributed by atoms with Crippen molar-refractivity contribution in [2.45, 2.75) is 4.90 Å². The zero-order chi connectivity index (χ0) is 19.3. The Hall–Kier alpha value is -2.78. The van der Waals surface area contributed by atoms with Crippen molar-refractivity contribution in [2.75, 3.05) is 26.0 Å². The number of halogens is 1. The number of ether oxygens (including phenoxy) is 1. The highest BCUT2D eigenvalue weighted by Gasteiger charge is 2.18. The van der Waals surface area contributed by atoms with Crippen molar-refractivity contribution in [3.8, 4) is 0 Å². The minimum atomic E-state index is -3.63. The van der Waals surface area contributed by atoms with E-state index in [-0.39, 0.29) is 16.1 Å². The lowest BCUT2D eigenvalue weighted by molar-refractivity contribution is -0.119. The molecule has 0 aromatic heterocycles. The maximum absolute atomic E-state index is 12.8. The molecule has 7 nitrogen and oxygen atoms in total. The van der Waals surface area contributed by atoms with Crippen LogP contribution < -0.4 is 5.32 Å². The lowest BCUT2D eigenvalue weighted by Crippen LogP contribution is -2.23. The molecular formula is C17H17FN2O5S. The summed E-state index contributed by atoms with van der Waals surface area (Å²) in [5.74, 6) is -1.91. The van der Waals surface area contributed by atoms with Crippen LogP contribution in [0.25, 0.3) is 0 Å². The van der Waals surface area contributed by atoms with Gasteiger partial charge in [-0.25, -0.2) is 21.9 Å². The average Bonchev–Trinajstić information content (AvgIpc) is 2.60. The molecule has 0 heterocycles. The number of benzene rings is 2. The molecule has 2 aromatic rings. The Balaban J connectivity index is 1.98. The zero-order valence-corrected chi connectivity index (χ0v) is 14.9. The SMILES string of the molecule is CN(C)S(=O)(=O)c1cccc(NC(=O)COC(=O)c2ccc(F)cc2)c1. The molecule has 1 N–H and O–H groups in total. The Morgan fingerprint density at radius 3 is 2.38 bits per heavy atom. The molecule has 0 saturated carbocycles. The van der Waals surface area contributed by atoms with E-state index in [4.69, 9.17) is 4.74 Å². The van der Waals surface area contributed by atoms with Gasteiger partial charge in [0.2, 0.25) is 10.0 Å². The average molecular weight is 380 g/mol. The smallest absolute Gasteiger partial charge is 0.338 e. The van der Waals surface area contributed by atoms with Crippen LogP contribution in [0.15, 0.2) is 53.4 Å². The van der Waals surface area contributed by atoms with Gasteiger partial charge in [0.1, 0.15) is 5.82 Å². The molecule has 0 spiro atoms. The minimum Gasteiger partial charge on any atom is -0.452 e. The molecule has 0 saturated heterocycles. The van der Waals surface area contributed by atoms with Crippen LogP contribution in [0.5, 0.6) is 0 Å². The first-order valence-electron chi connectivity index (χ1n) is 7.45. The van der Waals surface area contributed by atoms with E-state index in [1.165, 1.54) is 50.5 Å².